The molecule has 0 amide bonds. The monoisotopic (exact) mass is 296 g/mol. The summed E-state index contributed by atoms with van der Waals surface area (Å²) in [4.78, 5) is 15.4. The van der Waals surface area contributed by atoms with Gasteiger partial charge in [0.2, 0.25) is 0 Å². The maximum Gasteiger partial charge on any atom is 0.313 e. The fourth-order valence-corrected chi connectivity index (χ4v) is 2.92. The van der Waals surface area contributed by atoms with E-state index in [4.69, 9.17) is 5.11 Å². The second-order valence-corrected chi connectivity index (χ2v) is 6.10. The van der Waals surface area contributed by atoms with Crippen molar-refractivity contribution in [3.8, 4) is 0 Å². The average Bonchev–Trinajstić information content (AvgIpc) is 2.86. The summed E-state index contributed by atoms with van der Waals surface area (Å²) in [7, 11) is 0. The van der Waals surface area contributed by atoms with Crippen LogP contribution >= 0.6 is 11.8 Å². The van der Waals surface area contributed by atoms with Crippen molar-refractivity contribution in [1.29, 1.82) is 0 Å². The number of fused-ring (bicyclic) bond motifs is 1. The number of rotatable bonds is 6. The smallest absolute Gasteiger partial charge is 0.313 e. The summed E-state index contributed by atoms with van der Waals surface area (Å²) in [5, 5.41) is 14.1. The minimum absolute atomic E-state index is 0.0241. The van der Waals surface area contributed by atoms with Gasteiger partial charge in [0.05, 0.1) is 11.4 Å². The number of aryl methyl sites for hydroxylation is 2. The minimum atomic E-state index is -0.827. The molecule has 0 radical (unpaired) electrons. The fraction of sp³-hybridized carbons (Fsp3) is 0.615. The SMILES string of the molecule is CCn1nc(C)c2nc(SCC(=O)O)n(CC(C)C)c21. The van der Waals surface area contributed by atoms with Crippen LogP contribution in [0.4, 0.5) is 0 Å². The van der Waals surface area contributed by atoms with E-state index in [1.807, 2.05) is 18.5 Å². The first-order chi connectivity index (χ1) is 9.43. The molecule has 2 aromatic rings. The lowest BCUT2D eigenvalue weighted by molar-refractivity contribution is -0.133. The summed E-state index contributed by atoms with van der Waals surface area (Å²) >= 11 is 1.27. The van der Waals surface area contributed by atoms with Gasteiger partial charge in [-0.25, -0.2) is 9.67 Å². The molecular formula is C13H20N4O2S. The summed E-state index contributed by atoms with van der Waals surface area (Å²) in [6, 6.07) is 0. The second-order valence-electron chi connectivity index (χ2n) is 5.15. The first kappa shape index (κ1) is 14.9. The van der Waals surface area contributed by atoms with Gasteiger partial charge in [0.15, 0.2) is 10.8 Å². The molecule has 0 fully saturated rings. The van der Waals surface area contributed by atoms with Crippen molar-refractivity contribution in [2.45, 2.75) is 45.9 Å². The molecule has 0 aliphatic carbocycles. The molecule has 6 nitrogen and oxygen atoms in total. The summed E-state index contributed by atoms with van der Waals surface area (Å²) in [6.07, 6.45) is 0. The predicted molar refractivity (Wildman–Crippen MR) is 79.1 cm³/mol. The van der Waals surface area contributed by atoms with E-state index >= 15 is 0 Å². The number of thioether (sulfide) groups is 1. The molecule has 0 spiro atoms. The summed E-state index contributed by atoms with van der Waals surface area (Å²) in [6.45, 7) is 9.84. The van der Waals surface area contributed by atoms with Crippen LogP contribution in [-0.4, -0.2) is 36.2 Å². The minimum Gasteiger partial charge on any atom is -0.481 e. The zero-order valence-electron chi connectivity index (χ0n) is 12.3. The summed E-state index contributed by atoms with van der Waals surface area (Å²) in [5.74, 6) is -0.347. The first-order valence-electron chi connectivity index (χ1n) is 6.72. The zero-order chi connectivity index (χ0) is 14.9. The van der Waals surface area contributed by atoms with Crippen LogP contribution in [0.15, 0.2) is 5.16 Å². The molecule has 1 N–H and O–H groups in total. The number of hydrogen-bond donors (Lipinski definition) is 1. The Balaban J connectivity index is 2.52. The highest BCUT2D eigenvalue weighted by molar-refractivity contribution is 7.99. The highest BCUT2D eigenvalue weighted by atomic mass is 32.2. The van der Waals surface area contributed by atoms with Gasteiger partial charge in [-0.1, -0.05) is 25.6 Å². The molecule has 0 saturated carbocycles. The van der Waals surface area contributed by atoms with Gasteiger partial charge < -0.3 is 9.67 Å². The lowest BCUT2D eigenvalue weighted by atomic mass is 10.2. The van der Waals surface area contributed by atoms with E-state index in [-0.39, 0.29) is 5.75 Å². The lowest BCUT2D eigenvalue weighted by Gasteiger charge is -2.11. The van der Waals surface area contributed by atoms with Crippen molar-refractivity contribution < 1.29 is 9.90 Å². The zero-order valence-corrected chi connectivity index (χ0v) is 13.1. The Hall–Kier alpha value is -1.50. The van der Waals surface area contributed by atoms with E-state index in [0.29, 0.717) is 5.92 Å². The average molecular weight is 296 g/mol. The Morgan fingerprint density at radius 2 is 2.15 bits per heavy atom. The van der Waals surface area contributed by atoms with Gasteiger partial charge in [0, 0.05) is 13.1 Å². The van der Waals surface area contributed by atoms with Crippen LogP contribution in [0.5, 0.6) is 0 Å². The second kappa shape index (κ2) is 5.87. The first-order valence-corrected chi connectivity index (χ1v) is 7.70. The van der Waals surface area contributed by atoms with Gasteiger partial charge in [-0.2, -0.15) is 5.10 Å². The molecule has 2 aromatic heterocycles. The molecule has 0 aromatic carbocycles. The van der Waals surface area contributed by atoms with Gasteiger partial charge in [-0.3, -0.25) is 4.79 Å². The number of carbonyl (C=O) groups is 1. The molecule has 0 aliphatic rings. The maximum atomic E-state index is 10.8. The fourth-order valence-electron chi connectivity index (χ4n) is 2.19. The van der Waals surface area contributed by atoms with Crippen LogP contribution in [0.25, 0.3) is 11.2 Å². The van der Waals surface area contributed by atoms with Crippen molar-refractivity contribution in [3.05, 3.63) is 5.69 Å². The van der Waals surface area contributed by atoms with E-state index in [1.54, 1.807) is 0 Å². The Kier molecular flexibility index (Phi) is 4.37. The molecule has 20 heavy (non-hydrogen) atoms. The van der Waals surface area contributed by atoms with Crippen molar-refractivity contribution in [1.82, 2.24) is 19.3 Å². The molecular weight excluding hydrogens is 276 g/mol. The molecule has 0 atom stereocenters. The number of imidazole rings is 1. The third-order valence-corrected chi connectivity index (χ3v) is 3.90. The van der Waals surface area contributed by atoms with E-state index in [9.17, 15) is 4.79 Å². The van der Waals surface area contributed by atoms with E-state index in [2.05, 4.69) is 28.5 Å². The van der Waals surface area contributed by atoms with Crippen LogP contribution in [0.3, 0.4) is 0 Å². The molecule has 110 valence electrons. The molecule has 2 heterocycles. The van der Waals surface area contributed by atoms with Gasteiger partial charge in [0.25, 0.3) is 0 Å². The molecule has 0 aliphatic heterocycles. The molecule has 0 saturated heterocycles. The lowest BCUT2D eigenvalue weighted by Crippen LogP contribution is -2.11. The van der Waals surface area contributed by atoms with Crippen LogP contribution in [0.2, 0.25) is 0 Å². The Labute approximate surface area is 122 Å². The number of aromatic nitrogens is 4. The predicted octanol–water partition coefficient (Wildman–Crippen LogP) is 2.39. The normalized spacial score (nSPS) is 11.7. The Bertz CT molecular complexity index is 630. The summed E-state index contributed by atoms with van der Waals surface area (Å²) in [5.41, 5.74) is 2.76. The highest BCUT2D eigenvalue weighted by Crippen LogP contribution is 2.27. The van der Waals surface area contributed by atoms with E-state index in [0.717, 1.165) is 35.1 Å². The quantitative estimate of drug-likeness (QED) is 0.829. The standard InChI is InChI=1S/C13H20N4O2S/c1-5-17-12-11(9(4)15-17)14-13(20-7-10(18)19)16(12)6-8(2)3/h8H,5-7H2,1-4H3,(H,18,19). The van der Waals surface area contributed by atoms with Crippen molar-refractivity contribution in [2.24, 2.45) is 5.92 Å². The van der Waals surface area contributed by atoms with Crippen LogP contribution in [-0.2, 0) is 17.9 Å². The molecule has 7 heteroatoms. The number of aliphatic carboxylic acids is 1. The summed E-state index contributed by atoms with van der Waals surface area (Å²) < 4.78 is 4.03. The highest BCUT2D eigenvalue weighted by Gasteiger charge is 2.19. The van der Waals surface area contributed by atoms with Gasteiger partial charge in [-0.05, 0) is 19.8 Å². The van der Waals surface area contributed by atoms with Gasteiger partial charge >= 0.3 is 5.97 Å². The number of carboxylic acid groups (broad SMARTS) is 1. The van der Waals surface area contributed by atoms with Crippen LogP contribution in [0.1, 0.15) is 26.5 Å². The number of hydrogen-bond acceptors (Lipinski definition) is 4. The van der Waals surface area contributed by atoms with Crippen molar-refractivity contribution >= 4 is 28.9 Å². The molecule has 0 unspecified atom stereocenters. The molecule has 2 rings (SSSR count). The topological polar surface area (TPSA) is 72.9 Å². The number of carboxylic acids is 1. The molecule has 0 bridgehead atoms. The van der Waals surface area contributed by atoms with Gasteiger partial charge in [0.1, 0.15) is 5.52 Å². The van der Waals surface area contributed by atoms with Crippen molar-refractivity contribution in [2.75, 3.05) is 5.75 Å². The van der Waals surface area contributed by atoms with Crippen LogP contribution < -0.4 is 0 Å². The third-order valence-electron chi connectivity index (χ3n) is 2.94. The Morgan fingerprint density at radius 1 is 1.45 bits per heavy atom. The Morgan fingerprint density at radius 3 is 2.70 bits per heavy atom. The van der Waals surface area contributed by atoms with Crippen LogP contribution in [0, 0.1) is 12.8 Å². The van der Waals surface area contributed by atoms with Gasteiger partial charge in [-0.15, -0.1) is 0 Å². The maximum absolute atomic E-state index is 10.8. The largest absolute Gasteiger partial charge is 0.481 e. The third kappa shape index (κ3) is 2.82. The van der Waals surface area contributed by atoms with Crippen molar-refractivity contribution in [3.63, 3.8) is 0 Å². The van der Waals surface area contributed by atoms with E-state index in [1.165, 1.54) is 11.8 Å². The van der Waals surface area contributed by atoms with E-state index < -0.39 is 5.97 Å². The number of nitrogens with zero attached hydrogens (tertiary/aromatic N) is 4.